The predicted octanol–water partition coefficient (Wildman–Crippen LogP) is 3.42. The zero-order valence-corrected chi connectivity index (χ0v) is 17.6. The molecule has 0 aromatic heterocycles. The Balaban J connectivity index is 2.28. The molecule has 1 aromatic carbocycles. The van der Waals surface area contributed by atoms with Crippen LogP contribution in [0.2, 0.25) is 0 Å². The van der Waals surface area contributed by atoms with Gasteiger partial charge in [-0.05, 0) is 42.1 Å². The summed E-state index contributed by atoms with van der Waals surface area (Å²) in [4.78, 5) is 16.5. The van der Waals surface area contributed by atoms with Crippen LogP contribution in [0.3, 0.4) is 0 Å². The van der Waals surface area contributed by atoms with E-state index in [1.807, 2.05) is 19.0 Å². The highest BCUT2D eigenvalue weighted by atomic mass is 16.3. The third-order valence-electron chi connectivity index (χ3n) is 5.14. The quantitative estimate of drug-likeness (QED) is 0.849. The molecular formula is C21H35N3O2. The first-order valence-electron chi connectivity index (χ1n) is 9.36. The summed E-state index contributed by atoms with van der Waals surface area (Å²) in [5.41, 5.74) is 3.10. The normalized spacial score (nSPS) is 21.4. The van der Waals surface area contributed by atoms with Crippen LogP contribution in [0.5, 0.6) is 0 Å². The Kier molecular flexibility index (Phi) is 5.74. The lowest BCUT2D eigenvalue weighted by molar-refractivity contribution is 0.113. The maximum absolute atomic E-state index is 12.9. The van der Waals surface area contributed by atoms with Gasteiger partial charge in [0.2, 0.25) is 0 Å². The Hall–Kier alpha value is -1.59. The third kappa shape index (κ3) is 4.57. The molecule has 5 nitrogen and oxygen atoms in total. The molecule has 0 aliphatic carbocycles. The van der Waals surface area contributed by atoms with Crippen LogP contribution in [0.15, 0.2) is 18.2 Å². The fourth-order valence-electron chi connectivity index (χ4n) is 3.41. The average Bonchev–Trinajstić information content (AvgIpc) is 2.87. The molecule has 146 valence electrons. The lowest BCUT2D eigenvalue weighted by atomic mass is 9.81. The molecule has 2 amide bonds. The smallest absolute Gasteiger partial charge is 0.321 e. The maximum Gasteiger partial charge on any atom is 0.321 e. The van der Waals surface area contributed by atoms with E-state index in [0.29, 0.717) is 13.1 Å². The van der Waals surface area contributed by atoms with Crippen LogP contribution in [0.1, 0.15) is 52.7 Å². The molecule has 2 N–H and O–H groups in total. The summed E-state index contributed by atoms with van der Waals surface area (Å²) in [5.74, 6) is 0. The van der Waals surface area contributed by atoms with Gasteiger partial charge in [0.25, 0.3) is 0 Å². The highest BCUT2D eigenvalue weighted by molar-refractivity contribution is 5.91. The number of rotatable bonds is 2. The second-order valence-electron chi connectivity index (χ2n) is 9.69. The summed E-state index contributed by atoms with van der Waals surface area (Å²) in [6.45, 7) is 13.8. The fourth-order valence-corrected chi connectivity index (χ4v) is 3.41. The van der Waals surface area contributed by atoms with Crippen LogP contribution in [0.25, 0.3) is 0 Å². The first-order valence-corrected chi connectivity index (χ1v) is 9.36. The van der Waals surface area contributed by atoms with Gasteiger partial charge in [0, 0.05) is 12.2 Å². The van der Waals surface area contributed by atoms with E-state index in [1.165, 1.54) is 5.56 Å². The predicted molar refractivity (Wildman–Crippen MR) is 108 cm³/mol. The van der Waals surface area contributed by atoms with Crippen molar-refractivity contribution in [3.8, 4) is 0 Å². The van der Waals surface area contributed by atoms with Gasteiger partial charge in [-0.3, -0.25) is 0 Å². The van der Waals surface area contributed by atoms with Crippen molar-refractivity contribution in [2.45, 2.75) is 64.5 Å². The second-order valence-corrected chi connectivity index (χ2v) is 9.69. The number of anilines is 1. The first-order chi connectivity index (χ1) is 11.8. The summed E-state index contributed by atoms with van der Waals surface area (Å²) >= 11 is 0. The Bertz CT molecular complexity index is 656. The number of nitrogens with one attached hydrogen (secondary N) is 1. The van der Waals surface area contributed by atoms with E-state index in [2.05, 4.69) is 65.1 Å². The van der Waals surface area contributed by atoms with Crippen LogP contribution in [0.4, 0.5) is 10.5 Å². The topological polar surface area (TPSA) is 55.8 Å². The second kappa shape index (κ2) is 7.20. The number of benzene rings is 1. The van der Waals surface area contributed by atoms with Crippen molar-refractivity contribution >= 4 is 11.7 Å². The number of likely N-dealkylation sites (tertiary alicyclic amines) is 1. The largest absolute Gasteiger partial charge is 0.390 e. The summed E-state index contributed by atoms with van der Waals surface area (Å²) in [6.07, 6.45) is -0.515. The highest BCUT2D eigenvalue weighted by Gasteiger charge is 2.35. The van der Waals surface area contributed by atoms with Crippen molar-refractivity contribution in [1.29, 1.82) is 0 Å². The van der Waals surface area contributed by atoms with E-state index in [0.717, 1.165) is 11.3 Å². The zero-order chi connectivity index (χ0) is 19.9. The average molecular weight is 362 g/mol. The molecule has 1 aliphatic heterocycles. The van der Waals surface area contributed by atoms with Crippen LogP contribution < -0.4 is 5.32 Å². The van der Waals surface area contributed by atoms with Crippen molar-refractivity contribution in [3.63, 3.8) is 0 Å². The lowest BCUT2D eigenvalue weighted by Gasteiger charge is -2.28. The number of hydrogen-bond donors (Lipinski definition) is 2. The number of β-amino-alcohol motifs (C(OH)–C–C–N with tert-alkyl or cyclic N) is 1. The van der Waals surface area contributed by atoms with E-state index in [4.69, 9.17) is 0 Å². The SMILES string of the molecule is CN(C)[C@H]1CN(C(=O)Nc2cc(C(C)(C)C)ccc2C(C)(C)C)C[C@@H]1O. The van der Waals surface area contributed by atoms with E-state index >= 15 is 0 Å². The number of nitrogens with zero attached hydrogens (tertiary/aromatic N) is 2. The van der Waals surface area contributed by atoms with Crippen LogP contribution in [-0.2, 0) is 10.8 Å². The van der Waals surface area contributed by atoms with Crippen molar-refractivity contribution < 1.29 is 9.90 Å². The molecule has 0 spiro atoms. The Labute approximate surface area is 158 Å². The van der Waals surface area contributed by atoms with Crippen molar-refractivity contribution in [2.75, 3.05) is 32.5 Å². The minimum atomic E-state index is -0.515. The van der Waals surface area contributed by atoms with Crippen LogP contribution in [-0.4, -0.2) is 60.3 Å². The van der Waals surface area contributed by atoms with Gasteiger partial charge >= 0.3 is 6.03 Å². The zero-order valence-electron chi connectivity index (χ0n) is 17.6. The molecule has 2 atom stereocenters. The Morgan fingerprint density at radius 2 is 1.73 bits per heavy atom. The monoisotopic (exact) mass is 361 g/mol. The molecule has 0 saturated carbocycles. The Morgan fingerprint density at radius 1 is 1.12 bits per heavy atom. The van der Waals surface area contributed by atoms with Gasteiger partial charge in [-0.25, -0.2) is 4.79 Å². The van der Waals surface area contributed by atoms with E-state index < -0.39 is 6.10 Å². The summed E-state index contributed by atoms with van der Waals surface area (Å²) in [7, 11) is 3.86. The van der Waals surface area contributed by atoms with Gasteiger partial charge in [-0.2, -0.15) is 0 Å². The van der Waals surface area contributed by atoms with E-state index in [9.17, 15) is 9.90 Å². The van der Waals surface area contributed by atoms with Gasteiger partial charge in [0.15, 0.2) is 0 Å². The van der Waals surface area contributed by atoms with Crippen LogP contribution >= 0.6 is 0 Å². The summed E-state index contributed by atoms with van der Waals surface area (Å²) in [5, 5.41) is 13.3. The molecule has 1 saturated heterocycles. The minimum Gasteiger partial charge on any atom is -0.390 e. The van der Waals surface area contributed by atoms with Gasteiger partial charge in [-0.1, -0.05) is 53.7 Å². The van der Waals surface area contributed by atoms with Crippen molar-refractivity contribution in [2.24, 2.45) is 0 Å². The molecule has 2 rings (SSSR count). The third-order valence-corrected chi connectivity index (χ3v) is 5.14. The number of urea groups is 1. The number of amides is 2. The number of carbonyl (C=O) groups is 1. The molecule has 5 heteroatoms. The van der Waals surface area contributed by atoms with Gasteiger partial charge in [-0.15, -0.1) is 0 Å². The summed E-state index contributed by atoms with van der Waals surface area (Å²) < 4.78 is 0. The molecule has 1 aliphatic rings. The molecular weight excluding hydrogens is 326 g/mol. The molecule has 26 heavy (non-hydrogen) atoms. The van der Waals surface area contributed by atoms with Crippen LogP contribution in [0, 0.1) is 0 Å². The Morgan fingerprint density at radius 3 is 2.19 bits per heavy atom. The standard InChI is InChI=1S/C21H35N3O2/c1-20(2,3)14-9-10-15(21(4,5)6)16(11-14)22-19(26)24-12-17(23(7)8)18(25)13-24/h9-11,17-18,25H,12-13H2,1-8H3,(H,22,26)/t17-,18-/m0/s1. The number of aliphatic hydroxyl groups is 1. The first kappa shape index (κ1) is 20.7. The highest BCUT2D eigenvalue weighted by Crippen LogP contribution is 2.34. The number of hydrogen-bond acceptors (Lipinski definition) is 3. The maximum atomic E-state index is 12.9. The molecule has 0 bridgehead atoms. The summed E-state index contributed by atoms with van der Waals surface area (Å²) in [6, 6.07) is 6.19. The molecule has 0 unspecified atom stereocenters. The van der Waals surface area contributed by atoms with E-state index in [1.54, 1.807) is 4.90 Å². The van der Waals surface area contributed by atoms with Gasteiger partial charge in [0.05, 0.1) is 18.7 Å². The molecule has 1 heterocycles. The number of aliphatic hydroxyl groups excluding tert-OH is 1. The minimum absolute atomic E-state index is 0.00967. The fraction of sp³-hybridized carbons (Fsp3) is 0.667. The van der Waals surface area contributed by atoms with E-state index in [-0.39, 0.29) is 22.9 Å². The lowest BCUT2D eigenvalue weighted by Crippen LogP contribution is -2.39. The van der Waals surface area contributed by atoms with Gasteiger partial charge in [0.1, 0.15) is 0 Å². The molecule has 1 aromatic rings. The number of carbonyl (C=O) groups excluding carboxylic acids is 1. The molecule has 1 fully saturated rings. The van der Waals surface area contributed by atoms with Gasteiger partial charge < -0.3 is 20.2 Å². The van der Waals surface area contributed by atoms with Crippen molar-refractivity contribution in [1.82, 2.24) is 9.80 Å². The number of likely N-dealkylation sites (N-methyl/N-ethyl adjacent to an activating group) is 1. The molecule has 0 radical (unpaired) electrons. The van der Waals surface area contributed by atoms with Crippen molar-refractivity contribution in [3.05, 3.63) is 29.3 Å².